The summed E-state index contributed by atoms with van der Waals surface area (Å²) < 4.78 is 23.8. The molecule has 73 heavy (non-hydrogen) atoms. The fraction of sp³-hybridized carbons (Fsp3) is 0.766. The quantitative estimate of drug-likeness (QED) is 0.0243. The molecule has 0 spiro atoms. The Kier molecular flexibility index (Phi) is 52.7. The molecular formula is C64H118N2O6P+. The minimum absolute atomic E-state index is 0.0713. The van der Waals surface area contributed by atoms with Crippen molar-refractivity contribution in [1.29, 1.82) is 0 Å². The summed E-state index contributed by atoms with van der Waals surface area (Å²) >= 11 is 0. The van der Waals surface area contributed by atoms with Crippen LogP contribution in [-0.2, 0) is 18.4 Å². The number of likely N-dealkylation sites (N-methyl/N-ethyl adjacent to an activating group) is 1. The third kappa shape index (κ3) is 57.2. The van der Waals surface area contributed by atoms with Crippen molar-refractivity contribution >= 4 is 13.7 Å². The number of carbonyl (C=O) groups is 1. The second-order valence-corrected chi connectivity index (χ2v) is 23.2. The lowest BCUT2D eigenvalue weighted by atomic mass is 10.0. The van der Waals surface area contributed by atoms with Gasteiger partial charge in [-0.1, -0.05) is 272 Å². The molecule has 3 atom stereocenters. The topological polar surface area (TPSA) is 105 Å². The zero-order valence-corrected chi connectivity index (χ0v) is 49.3. The molecule has 0 aromatic rings. The van der Waals surface area contributed by atoms with Crippen LogP contribution in [0.25, 0.3) is 0 Å². The molecule has 0 aromatic heterocycles. The van der Waals surface area contributed by atoms with Crippen LogP contribution in [0.2, 0.25) is 0 Å². The predicted octanol–water partition coefficient (Wildman–Crippen LogP) is 18.8. The molecule has 0 fully saturated rings. The summed E-state index contributed by atoms with van der Waals surface area (Å²) in [6.45, 7) is 4.79. The number of allylic oxidation sites excluding steroid dienone is 14. The van der Waals surface area contributed by atoms with E-state index in [0.717, 1.165) is 83.5 Å². The monoisotopic (exact) mass is 1040 g/mol. The van der Waals surface area contributed by atoms with Gasteiger partial charge in [-0.2, -0.15) is 0 Å². The second kappa shape index (κ2) is 54.5. The van der Waals surface area contributed by atoms with Gasteiger partial charge in [0.15, 0.2) is 0 Å². The lowest BCUT2D eigenvalue weighted by Crippen LogP contribution is -2.46. The number of amides is 1. The maximum atomic E-state index is 13.0. The van der Waals surface area contributed by atoms with Crippen molar-refractivity contribution in [2.24, 2.45) is 0 Å². The predicted molar refractivity (Wildman–Crippen MR) is 318 cm³/mol. The summed E-state index contributed by atoms with van der Waals surface area (Å²) in [5.74, 6) is -0.149. The van der Waals surface area contributed by atoms with Crippen LogP contribution >= 0.6 is 7.82 Å². The fourth-order valence-electron chi connectivity index (χ4n) is 8.68. The Bertz CT molecular complexity index is 1460. The third-order valence-electron chi connectivity index (χ3n) is 13.4. The van der Waals surface area contributed by atoms with Crippen LogP contribution in [0.15, 0.2) is 85.1 Å². The minimum atomic E-state index is -4.33. The number of aliphatic hydroxyl groups is 1. The van der Waals surface area contributed by atoms with Crippen LogP contribution < -0.4 is 5.32 Å². The van der Waals surface area contributed by atoms with Gasteiger partial charge in [-0.15, -0.1) is 0 Å². The summed E-state index contributed by atoms with van der Waals surface area (Å²) in [6.07, 6.45) is 76.4. The first kappa shape index (κ1) is 70.7. The van der Waals surface area contributed by atoms with Crippen molar-refractivity contribution in [3.05, 3.63) is 85.1 Å². The molecule has 0 saturated heterocycles. The van der Waals surface area contributed by atoms with E-state index in [0.29, 0.717) is 23.9 Å². The molecule has 0 heterocycles. The van der Waals surface area contributed by atoms with E-state index >= 15 is 0 Å². The SMILES string of the molecule is CC/C=C\C/C=C\C/C=C\C/C=C\C/C=C\C/C=C\C/C=C\CCCCCCCCCCCCCC(=O)NC(COP(=O)(O)OCC[N+](C)(C)C)C(O)CCCCCCCCCCCCCCCCCCCC. The third-order valence-corrected chi connectivity index (χ3v) is 14.4. The van der Waals surface area contributed by atoms with Gasteiger partial charge in [0.05, 0.1) is 39.9 Å². The first-order valence-corrected chi connectivity index (χ1v) is 31.9. The molecule has 424 valence electrons. The fourth-order valence-corrected chi connectivity index (χ4v) is 9.41. The maximum Gasteiger partial charge on any atom is 0.472 e. The Hall–Kier alpha value is -2.32. The normalized spacial score (nSPS) is 14.5. The Balaban J connectivity index is 4.12. The standard InChI is InChI=1S/C64H117N2O6P/c1-6-8-10-12-14-16-18-20-22-24-26-27-28-29-30-31-32-33-34-35-36-37-38-39-40-42-44-46-48-50-52-54-56-58-64(68)65-62(61-72-73(69,70)71-60-59-66(3,4)5)63(67)57-55-53-51-49-47-45-43-41-25-23-21-19-17-15-13-11-9-7-2/h8,10,14,16,20,22,26-27,29-30,32-33,35-36,62-63,67H,6-7,9,11-13,15,17-19,21,23-25,28,31,34,37-61H2,1-5H3,(H-,65,68,69,70)/p+1/b10-8-,16-14-,22-20-,27-26-,30-29-,33-32-,36-35-. The average molecular weight is 1040 g/mol. The van der Waals surface area contributed by atoms with E-state index in [4.69, 9.17) is 9.05 Å². The van der Waals surface area contributed by atoms with Crippen molar-refractivity contribution < 1.29 is 32.9 Å². The molecule has 3 unspecified atom stereocenters. The highest BCUT2D eigenvalue weighted by Crippen LogP contribution is 2.43. The summed E-state index contributed by atoms with van der Waals surface area (Å²) in [4.78, 5) is 23.4. The number of quaternary nitrogens is 1. The number of phosphoric ester groups is 1. The smallest absolute Gasteiger partial charge is 0.391 e. The number of carbonyl (C=O) groups excluding carboxylic acids is 1. The summed E-state index contributed by atoms with van der Waals surface area (Å²) in [5.41, 5.74) is 0. The van der Waals surface area contributed by atoms with Crippen LogP contribution in [0.4, 0.5) is 0 Å². The van der Waals surface area contributed by atoms with E-state index in [1.807, 2.05) is 21.1 Å². The molecule has 0 saturated carbocycles. The minimum Gasteiger partial charge on any atom is -0.391 e. The zero-order chi connectivity index (χ0) is 53.5. The van der Waals surface area contributed by atoms with Gasteiger partial charge in [-0.3, -0.25) is 13.8 Å². The van der Waals surface area contributed by atoms with Crippen molar-refractivity contribution in [1.82, 2.24) is 5.32 Å². The van der Waals surface area contributed by atoms with Crippen LogP contribution in [0.1, 0.15) is 264 Å². The van der Waals surface area contributed by atoms with Crippen LogP contribution in [-0.4, -0.2) is 73.4 Å². The van der Waals surface area contributed by atoms with Gasteiger partial charge >= 0.3 is 7.82 Å². The van der Waals surface area contributed by atoms with Crippen molar-refractivity contribution in [3.63, 3.8) is 0 Å². The number of nitrogens with zero attached hydrogens (tertiary/aromatic N) is 1. The maximum absolute atomic E-state index is 13.0. The molecule has 0 aromatic carbocycles. The largest absolute Gasteiger partial charge is 0.472 e. The highest BCUT2D eigenvalue weighted by molar-refractivity contribution is 7.47. The molecule has 0 aliphatic rings. The Morgan fingerprint density at radius 1 is 0.479 bits per heavy atom. The number of aliphatic hydroxyl groups excluding tert-OH is 1. The molecule has 0 aliphatic heterocycles. The lowest BCUT2D eigenvalue weighted by molar-refractivity contribution is -0.870. The number of nitrogens with one attached hydrogen (secondary N) is 1. The second-order valence-electron chi connectivity index (χ2n) is 21.7. The van der Waals surface area contributed by atoms with E-state index in [2.05, 4.69) is 104 Å². The summed E-state index contributed by atoms with van der Waals surface area (Å²) in [6, 6.07) is -0.767. The Morgan fingerprint density at radius 3 is 1.21 bits per heavy atom. The Morgan fingerprint density at radius 2 is 0.822 bits per heavy atom. The van der Waals surface area contributed by atoms with E-state index in [9.17, 15) is 19.4 Å². The van der Waals surface area contributed by atoms with Crippen LogP contribution in [0.3, 0.4) is 0 Å². The molecular weight excluding hydrogens is 924 g/mol. The van der Waals surface area contributed by atoms with Crippen molar-refractivity contribution in [3.8, 4) is 0 Å². The van der Waals surface area contributed by atoms with Gasteiger partial charge in [-0.25, -0.2) is 4.57 Å². The van der Waals surface area contributed by atoms with Gasteiger partial charge < -0.3 is 19.8 Å². The zero-order valence-electron chi connectivity index (χ0n) is 48.4. The number of hydrogen-bond acceptors (Lipinski definition) is 5. The number of unbranched alkanes of at least 4 members (excludes halogenated alkanes) is 28. The lowest BCUT2D eigenvalue weighted by Gasteiger charge is -2.26. The molecule has 0 bridgehead atoms. The van der Waals surface area contributed by atoms with Gasteiger partial charge in [0.1, 0.15) is 13.2 Å². The average Bonchev–Trinajstić information content (AvgIpc) is 3.35. The van der Waals surface area contributed by atoms with Crippen molar-refractivity contribution in [2.45, 2.75) is 276 Å². The molecule has 1 amide bonds. The van der Waals surface area contributed by atoms with Crippen LogP contribution in [0, 0.1) is 0 Å². The summed E-state index contributed by atoms with van der Waals surface area (Å²) in [5, 5.41) is 14.1. The molecule has 0 rings (SSSR count). The van der Waals surface area contributed by atoms with Gasteiger partial charge in [0.2, 0.25) is 5.91 Å². The summed E-state index contributed by atoms with van der Waals surface area (Å²) in [7, 11) is 1.61. The van der Waals surface area contributed by atoms with E-state index in [-0.39, 0.29) is 19.1 Å². The first-order valence-electron chi connectivity index (χ1n) is 30.5. The highest BCUT2D eigenvalue weighted by atomic mass is 31.2. The van der Waals surface area contributed by atoms with Crippen LogP contribution in [0.5, 0.6) is 0 Å². The first-order chi connectivity index (χ1) is 35.5. The van der Waals surface area contributed by atoms with Crippen molar-refractivity contribution in [2.75, 3.05) is 40.9 Å². The highest BCUT2D eigenvalue weighted by Gasteiger charge is 2.28. The van der Waals surface area contributed by atoms with Gasteiger partial charge in [0, 0.05) is 6.42 Å². The molecule has 0 aliphatic carbocycles. The molecule has 9 heteroatoms. The van der Waals surface area contributed by atoms with E-state index < -0.39 is 20.0 Å². The van der Waals surface area contributed by atoms with E-state index in [1.165, 1.54) is 154 Å². The van der Waals surface area contributed by atoms with Gasteiger partial charge in [-0.05, 0) is 70.6 Å². The van der Waals surface area contributed by atoms with Gasteiger partial charge in [0.25, 0.3) is 0 Å². The molecule has 3 N–H and O–H groups in total. The number of hydrogen-bond donors (Lipinski definition) is 3. The number of phosphoric acid groups is 1. The number of rotatable bonds is 55. The van der Waals surface area contributed by atoms with E-state index in [1.54, 1.807) is 0 Å². The molecule has 0 radical (unpaired) electrons. The Labute approximate surface area is 452 Å². The molecule has 8 nitrogen and oxygen atoms in total.